The van der Waals surface area contributed by atoms with E-state index in [1.54, 1.807) is 0 Å². The number of benzene rings is 1. The fraction of sp³-hybridized carbons (Fsp3) is 0.500. The van der Waals surface area contributed by atoms with Gasteiger partial charge in [0.2, 0.25) is 0 Å². The highest BCUT2D eigenvalue weighted by molar-refractivity contribution is 6.75. The minimum absolute atomic E-state index is 0.121. The van der Waals surface area contributed by atoms with Crippen molar-refractivity contribution in [2.45, 2.75) is 45.2 Å². The Bertz CT molecular complexity index is 360. The molecule has 94 valence electrons. The lowest BCUT2D eigenvalue weighted by Gasteiger charge is -2.23. The fourth-order valence-corrected chi connectivity index (χ4v) is 6.29. The number of aliphatic carboxylic acids is 1. The maximum absolute atomic E-state index is 10.6. The van der Waals surface area contributed by atoms with Crippen LogP contribution >= 0.6 is 0 Å². The molecule has 17 heavy (non-hydrogen) atoms. The molecule has 0 aliphatic heterocycles. The van der Waals surface area contributed by atoms with Gasteiger partial charge in [0.05, 0.1) is 15.2 Å². The van der Waals surface area contributed by atoms with Crippen LogP contribution < -0.4 is 5.19 Å². The Hall–Kier alpha value is -1.09. The van der Waals surface area contributed by atoms with Crippen molar-refractivity contribution in [3.05, 3.63) is 29.8 Å². The Morgan fingerprint density at radius 2 is 1.59 bits per heavy atom. The molecule has 0 heterocycles. The van der Waals surface area contributed by atoms with Gasteiger partial charge in [-0.2, -0.15) is 0 Å². The lowest BCUT2D eigenvalue weighted by Crippen LogP contribution is -2.35. The highest BCUT2D eigenvalue weighted by Crippen LogP contribution is 2.20. The van der Waals surface area contributed by atoms with Crippen molar-refractivity contribution in [2.24, 2.45) is 0 Å². The van der Waals surface area contributed by atoms with Gasteiger partial charge >= 0.3 is 5.97 Å². The van der Waals surface area contributed by atoms with Gasteiger partial charge in [-0.25, -0.2) is 0 Å². The first-order valence-corrected chi connectivity index (χ1v) is 8.13. The van der Waals surface area contributed by atoms with E-state index in [-0.39, 0.29) is 6.42 Å². The third-order valence-corrected chi connectivity index (χ3v) is 7.18. The molecule has 0 bridgehead atoms. The van der Waals surface area contributed by atoms with Crippen LogP contribution in [0.3, 0.4) is 0 Å². The van der Waals surface area contributed by atoms with Gasteiger partial charge < -0.3 is 5.11 Å². The molecule has 0 radical (unpaired) electrons. The topological polar surface area (TPSA) is 37.3 Å². The highest BCUT2D eigenvalue weighted by Gasteiger charge is 2.21. The Balaban J connectivity index is 2.88. The number of carbonyl (C=O) groups is 1. The van der Waals surface area contributed by atoms with Gasteiger partial charge in [0.25, 0.3) is 0 Å². The third kappa shape index (κ3) is 4.00. The predicted molar refractivity (Wildman–Crippen MR) is 74.8 cm³/mol. The smallest absolute Gasteiger partial charge is 0.307 e. The van der Waals surface area contributed by atoms with Gasteiger partial charge in [0, 0.05) is 0 Å². The molecule has 1 N–H and O–H groups in total. The normalized spacial score (nSPS) is 11.5. The van der Waals surface area contributed by atoms with E-state index in [1.807, 2.05) is 12.1 Å². The fourth-order valence-electron chi connectivity index (χ4n) is 2.57. The number of carboxylic acid groups (broad SMARTS) is 1. The largest absolute Gasteiger partial charge is 0.481 e. The van der Waals surface area contributed by atoms with Crippen molar-refractivity contribution in [3.8, 4) is 0 Å². The second-order valence-corrected chi connectivity index (χ2v) is 9.71. The maximum atomic E-state index is 10.6. The molecule has 1 rings (SSSR count). The monoisotopic (exact) mass is 250 g/mol. The molecule has 1 aromatic carbocycles. The average molecular weight is 250 g/mol. The Morgan fingerprint density at radius 1 is 1.12 bits per heavy atom. The van der Waals surface area contributed by atoms with Gasteiger partial charge in [-0.1, -0.05) is 57.1 Å². The summed E-state index contributed by atoms with van der Waals surface area (Å²) in [6, 6.07) is 8.20. The lowest BCUT2D eigenvalue weighted by atomic mass is 10.2. The SMILES string of the molecule is CC(C)[SiH](c1ccc(CC(=O)O)cc1)C(C)C. The van der Waals surface area contributed by atoms with Crippen molar-refractivity contribution < 1.29 is 9.90 Å². The number of carboxylic acids is 1. The number of rotatable bonds is 5. The third-order valence-electron chi connectivity index (χ3n) is 3.16. The number of hydrogen-bond acceptors (Lipinski definition) is 1. The summed E-state index contributed by atoms with van der Waals surface area (Å²) >= 11 is 0. The first-order valence-electron chi connectivity index (χ1n) is 6.22. The van der Waals surface area contributed by atoms with Crippen LogP contribution in [0.4, 0.5) is 0 Å². The van der Waals surface area contributed by atoms with E-state index in [9.17, 15) is 4.79 Å². The Labute approximate surface area is 105 Å². The Morgan fingerprint density at radius 3 is 1.94 bits per heavy atom. The van der Waals surface area contributed by atoms with Gasteiger partial charge in [-0.15, -0.1) is 0 Å². The summed E-state index contributed by atoms with van der Waals surface area (Å²) in [5, 5.41) is 10.2. The maximum Gasteiger partial charge on any atom is 0.307 e. The second kappa shape index (κ2) is 6.01. The summed E-state index contributed by atoms with van der Waals surface area (Å²) in [5.74, 6) is -0.765. The van der Waals surface area contributed by atoms with E-state index in [2.05, 4.69) is 39.8 Å². The van der Waals surface area contributed by atoms with Crippen LogP contribution in [0.5, 0.6) is 0 Å². The molecule has 0 aliphatic rings. The van der Waals surface area contributed by atoms with E-state index in [0.717, 1.165) is 16.6 Å². The second-order valence-electron chi connectivity index (χ2n) is 5.33. The van der Waals surface area contributed by atoms with E-state index in [0.29, 0.717) is 0 Å². The van der Waals surface area contributed by atoms with Crippen LogP contribution in [0.15, 0.2) is 24.3 Å². The zero-order valence-corrected chi connectivity index (χ0v) is 12.3. The molecular formula is C14H22O2Si. The van der Waals surface area contributed by atoms with Crippen LogP contribution in [0.2, 0.25) is 11.1 Å². The van der Waals surface area contributed by atoms with Gasteiger partial charge in [0.1, 0.15) is 0 Å². The molecule has 0 saturated heterocycles. The number of hydrogen-bond donors (Lipinski definition) is 1. The van der Waals surface area contributed by atoms with Crippen molar-refractivity contribution in [1.29, 1.82) is 0 Å². The molecule has 0 amide bonds. The molecule has 0 aliphatic carbocycles. The van der Waals surface area contributed by atoms with Crippen LogP contribution in [-0.4, -0.2) is 19.9 Å². The average Bonchev–Trinajstić information content (AvgIpc) is 2.18. The Kier molecular flexibility index (Phi) is 4.94. The van der Waals surface area contributed by atoms with Gasteiger partial charge in [-0.3, -0.25) is 4.79 Å². The molecule has 0 aromatic heterocycles. The summed E-state index contributed by atoms with van der Waals surface area (Å²) < 4.78 is 0. The summed E-state index contributed by atoms with van der Waals surface area (Å²) in [5.41, 5.74) is 2.36. The highest BCUT2D eigenvalue weighted by atomic mass is 28.3. The molecule has 0 unspecified atom stereocenters. The molecule has 0 fully saturated rings. The lowest BCUT2D eigenvalue weighted by molar-refractivity contribution is -0.136. The standard InChI is InChI=1S/C14H22O2Si/c1-10(2)17(11(3)4)13-7-5-12(6-8-13)9-14(15)16/h5-8,10-11,17H,9H2,1-4H3,(H,15,16). The predicted octanol–water partition coefficient (Wildman–Crippen LogP) is 2.57. The van der Waals surface area contributed by atoms with Gasteiger partial charge in [-0.05, 0) is 16.6 Å². The van der Waals surface area contributed by atoms with Crippen molar-refractivity contribution >= 4 is 20.0 Å². The minimum Gasteiger partial charge on any atom is -0.481 e. The summed E-state index contributed by atoms with van der Waals surface area (Å²) in [7, 11) is -0.942. The summed E-state index contributed by atoms with van der Waals surface area (Å²) in [6.07, 6.45) is 0.121. The van der Waals surface area contributed by atoms with Crippen LogP contribution in [0.1, 0.15) is 33.3 Å². The quantitative estimate of drug-likeness (QED) is 0.816. The molecule has 0 saturated carbocycles. The van der Waals surface area contributed by atoms with Crippen LogP contribution in [-0.2, 0) is 11.2 Å². The zero-order valence-electron chi connectivity index (χ0n) is 11.1. The van der Waals surface area contributed by atoms with E-state index in [4.69, 9.17) is 5.11 Å². The van der Waals surface area contributed by atoms with Crippen molar-refractivity contribution in [1.82, 2.24) is 0 Å². The minimum atomic E-state index is -0.942. The van der Waals surface area contributed by atoms with E-state index in [1.165, 1.54) is 5.19 Å². The summed E-state index contributed by atoms with van der Waals surface area (Å²) in [6.45, 7) is 9.17. The van der Waals surface area contributed by atoms with E-state index < -0.39 is 14.8 Å². The van der Waals surface area contributed by atoms with Crippen LogP contribution in [0, 0.1) is 0 Å². The van der Waals surface area contributed by atoms with Crippen molar-refractivity contribution in [3.63, 3.8) is 0 Å². The molecule has 0 spiro atoms. The zero-order chi connectivity index (χ0) is 13.0. The van der Waals surface area contributed by atoms with Crippen LogP contribution in [0.25, 0.3) is 0 Å². The molecule has 0 atom stereocenters. The van der Waals surface area contributed by atoms with Crippen molar-refractivity contribution in [2.75, 3.05) is 0 Å². The molecule has 1 aromatic rings. The molecular weight excluding hydrogens is 228 g/mol. The molecule has 3 heteroatoms. The molecule has 2 nitrogen and oxygen atoms in total. The van der Waals surface area contributed by atoms with E-state index >= 15 is 0 Å². The summed E-state index contributed by atoms with van der Waals surface area (Å²) in [4.78, 5) is 10.6. The van der Waals surface area contributed by atoms with Gasteiger partial charge in [0.15, 0.2) is 0 Å². The first-order chi connectivity index (χ1) is 7.91. The first kappa shape index (κ1) is 14.0.